The molecule has 1 aromatic carbocycles. The van der Waals surface area contributed by atoms with E-state index in [2.05, 4.69) is 27.9 Å². The molecule has 78 valence electrons. The van der Waals surface area contributed by atoms with Crippen LogP contribution in [-0.4, -0.2) is 17.3 Å². The molecule has 0 aliphatic carbocycles. The predicted molar refractivity (Wildman–Crippen MR) is 68.4 cm³/mol. The van der Waals surface area contributed by atoms with E-state index in [9.17, 15) is 0 Å². The monoisotopic (exact) mass is 306 g/mol. The fourth-order valence-corrected chi connectivity index (χ4v) is 1.57. The molecular formula is C10H15IN2O. The second-order valence-corrected chi connectivity index (χ2v) is 5.14. The lowest BCUT2D eigenvalue weighted by atomic mass is 10.1. The molecule has 0 aromatic heterocycles. The third-order valence-corrected chi connectivity index (χ3v) is 2.55. The quantitative estimate of drug-likeness (QED) is 0.592. The Morgan fingerprint density at radius 1 is 1.50 bits per heavy atom. The number of halogens is 1. The van der Waals surface area contributed by atoms with Crippen LogP contribution in [0.3, 0.4) is 0 Å². The van der Waals surface area contributed by atoms with Gasteiger partial charge < -0.3 is 16.2 Å². The first kappa shape index (κ1) is 11.6. The van der Waals surface area contributed by atoms with Crippen molar-refractivity contribution in [1.29, 1.82) is 0 Å². The molecule has 1 rings (SSSR count). The van der Waals surface area contributed by atoms with Crippen molar-refractivity contribution < 1.29 is 5.11 Å². The van der Waals surface area contributed by atoms with Crippen LogP contribution >= 0.6 is 22.6 Å². The van der Waals surface area contributed by atoms with Gasteiger partial charge in [0.25, 0.3) is 0 Å². The molecule has 0 aliphatic heterocycles. The molecule has 4 heteroatoms. The molecule has 3 nitrogen and oxygen atoms in total. The second kappa shape index (κ2) is 4.35. The molecule has 0 bridgehead atoms. The topological polar surface area (TPSA) is 58.3 Å². The molecule has 0 saturated carbocycles. The van der Waals surface area contributed by atoms with Gasteiger partial charge in [-0.05, 0) is 54.6 Å². The number of nitrogen functional groups attached to an aromatic ring is 1. The summed E-state index contributed by atoms with van der Waals surface area (Å²) in [5.74, 6) is 0. The lowest BCUT2D eigenvalue weighted by Gasteiger charge is -2.25. The van der Waals surface area contributed by atoms with Crippen molar-refractivity contribution in [3.63, 3.8) is 0 Å². The molecule has 14 heavy (non-hydrogen) atoms. The van der Waals surface area contributed by atoms with Gasteiger partial charge in [-0.15, -0.1) is 0 Å². The SMILES string of the molecule is CC(C)(CO)Nc1ccc(I)cc1N. The van der Waals surface area contributed by atoms with Crippen LogP contribution in [0.4, 0.5) is 11.4 Å². The van der Waals surface area contributed by atoms with Crippen LogP contribution in [0.5, 0.6) is 0 Å². The summed E-state index contributed by atoms with van der Waals surface area (Å²) in [6.07, 6.45) is 0. The maximum absolute atomic E-state index is 9.10. The highest BCUT2D eigenvalue weighted by Gasteiger charge is 2.16. The molecule has 0 amide bonds. The Labute approximate surface area is 97.8 Å². The minimum absolute atomic E-state index is 0.0679. The fraction of sp³-hybridized carbons (Fsp3) is 0.400. The number of benzene rings is 1. The number of nitrogens with two attached hydrogens (primary N) is 1. The smallest absolute Gasteiger partial charge is 0.0656 e. The van der Waals surface area contributed by atoms with Crippen LogP contribution in [0.2, 0.25) is 0 Å². The number of rotatable bonds is 3. The van der Waals surface area contributed by atoms with Crippen molar-refractivity contribution in [3.05, 3.63) is 21.8 Å². The fourth-order valence-electron chi connectivity index (χ4n) is 1.05. The number of hydrogen-bond donors (Lipinski definition) is 3. The minimum Gasteiger partial charge on any atom is -0.397 e. The minimum atomic E-state index is -0.346. The van der Waals surface area contributed by atoms with E-state index in [1.165, 1.54) is 0 Å². The Hall–Kier alpha value is -0.490. The summed E-state index contributed by atoms with van der Waals surface area (Å²) in [6, 6.07) is 5.80. The van der Waals surface area contributed by atoms with Gasteiger partial charge in [-0.3, -0.25) is 0 Å². The van der Waals surface area contributed by atoms with Crippen LogP contribution in [-0.2, 0) is 0 Å². The predicted octanol–water partition coefficient (Wildman–Crippen LogP) is 2.06. The van der Waals surface area contributed by atoms with E-state index in [1.54, 1.807) is 0 Å². The molecular weight excluding hydrogens is 291 g/mol. The van der Waals surface area contributed by atoms with Crippen molar-refractivity contribution >= 4 is 34.0 Å². The number of nitrogens with one attached hydrogen (secondary N) is 1. The Kier molecular flexibility index (Phi) is 3.60. The van der Waals surface area contributed by atoms with Crippen molar-refractivity contribution in [1.82, 2.24) is 0 Å². The maximum atomic E-state index is 9.10. The third-order valence-electron chi connectivity index (χ3n) is 1.88. The Balaban J connectivity index is 2.87. The van der Waals surface area contributed by atoms with Gasteiger partial charge in [0.2, 0.25) is 0 Å². The highest BCUT2D eigenvalue weighted by atomic mass is 127. The normalized spacial score (nSPS) is 11.4. The average molecular weight is 306 g/mol. The summed E-state index contributed by atoms with van der Waals surface area (Å²) in [4.78, 5) is 0. The van der Waals surface area contributed by atoms with Crippen LogP contribution in [0.1, 0.15) is 13.8 Å². The molecule has 0 saturated heterocycles. The molecule has 0 heterocycles. The molecule has 4 N–H and O–H groups in total. The first-order valence-electron chi connectivity index (χ1n) is 4.39. The van der Waals surface area contributed by atoms with Gasteiger partial charge in [-0.25, -0.2) is 0 Å². The molecule has 1 aromatic rings. The highest BCUT2D eigenvalue weighted by molar-refractivity contribution is 14.1. The van der Waals surface area contributed by atoms with E-state index in [-0.39, 0.29) is 12.1 Å². The van der Waals surface area contributed by atoms with Crippen LogP contribution in [0.25, 0.3) is 0 Å². The standard InChI is InChI=1S/C10H15IN2O/c1-10(2,6-14)13-9-4-3-7(11)5-8(9)12/h3-5,13-14H,6,12H2,1-2H3. The Morgan fingerprint density at radius 2 is 2.14 bits per heavy atom. The van der Waals surface area contributed by atoms with E-state index in [0.29, 0.717) is 5.69 Å². The van der Waals surface area contributed by atoms with E-state index < -0.39 is 0 Å². The second-order valence-electron chi connectivity index (χ2n) is 3.90. The number of anilines is 2. The van der Waals surface area contributed by atoms with Gasteiger partial charge >= 0.3 is 0 Å². The van der Waals surface area contributed by atoms with Gasteiger partial charge in [0, 0.05) is 3.57 Å². The van der Waals surface area contributed by atoms with Crippen LogP contribution < -0.4 is 11.1 Å². The van der Waals surface area contributed by atoms with Gasteiger partial charge in [0.1, 0.15) is 0 Å². The first-order chi connectivity index (χ1) is 6.44. The molecule has 0 atom stereocenters. The van der Waals surface area contributed by atoms with Crippen molar-refractivity contribution in [2.24, 2.45) is 0 Å². The summed E-state index contributed by atoms with van der Waals surface area (Å²) >= 11 is 2.21. The zero-order chi connectivity index (χ0) is 10.8. The maximum Gasteiger partial charge on any atom is 0.0656 e. The van der Waals surface area contributed by atoms with E-state index >= 15 is 0 Å². The van der Waals surface area contributed by atoms with Gasteiger partial charge in [-0.2, -0.15) is 0 Å². The number of hydrogen-bond acceptors (Lipinski definition) is 3. The van der Waals surface area contributed by atoms with Crippen molar-refractivity contribution in [2.75, 3.05) is 17.7 Å². The molecule has 0 spiro atoms. The van der Waals surface area contributed by atoms with Gasteiger partial charge in [0.15, 0.2) is 0 Å². The van der Waals surface area contributed by atoms with E-state index in [1.807, 2.05) is 32.0 Å². The summed E-state index contributed by atoms with van der Waals surface area (Å²) in [5.41, 5.74) is 7.06. The van der Waals surface area contributed by atoms with Gasteiger partial charge in [-0.1, -0.05) is 0 Å². The van der Waals surface area contributed by atoms with E-state index in [0.717, 1.165) is 9.26 Å². The average Bonchev–Trinajstić information content (AvgIpc) is 2.10. The summed E-state index contributed by atoms with van der Waals surface area (Å²) < 4.78 is 1.10. The van der Waals surface area contributed by atoms with E-state index in [4.69, 9.17) is 10.8 Å². The number of aliphatic hydroxyl groups is 1. The zero-order valence-electron chi connectivity index (χ0n) is 8.34. The molecule has 0 aliphatic rings. The summed E-state index contributed by atoms with van der Waals surface area (Å²) in [6.45, 7) is 3.91. The van der Waals surface area contributed by atoms with Crippen LogP contribution in [0, 0.1) is 3.57 Å². The van der Waals surface area contributed by atoms with Crippen molar-refractivity contribution in [2.45, 2.75) is 19.4 Å². The van der Waals surface area contributed by atoms with Crippen LogP contribution in [0.15, 0.2) is 18.2 Å². The van der Waals surface area contributed by atoms with Gasteiger partial charge in [0.05, 0.1) is 23.5 Å². The largest absolute Gasteiger partial charge is 0.397 e. The van der Waals surface area contributed by atoms with Crippen molar-refractivity contribution in [3.8, 4) is 0 Å². The first-order valence-corrected chi connectivity index (χ1v) is 5.46. The summed E-state index contributed by atoms with van der Waals surface area (Å²) in [7, 11) is 0. The Bertz CT molecular complexity index is 326. The lowest BCUT2D eigenvalue weighted by Crippen LogP contribution is -2.35. The molecule has 0 unspecified atom stereocenters. The molecule has 0 fully saturated rings. The molecule has 0 radical (unpaired) electrons. The summed E-state index contributed by atoms with van der Waals surface area (Å²) in [5, 5.41) is 12.3. The number of aliphatic hydroxyl groups excluding tert-OH is 1. The zero-order valence-corrected chi connectivity index (χ0v) is 10.5. The lowest BCUT2D eigenvalue weighted by molar-refractivity contribution is 0.234. The Morgan fingerprint density at radius 3 is 2.64 bits per heavy atom. The third kappa shape index (κ3) is 3.02. The highest BCUT2D eigenvalue weighted by Crippen LogP contribution is 2.23.